The van der Waals surface area contributed by atoms with E-state index < -0.39 is 11.4 Å². The fourth-order valence-electron chi connectivity index (χ4n) is 0.602. The van der Waals surface area contributed by atoms with Gasteiger partial charge in [-0.15, -0.1) is 0 Å². The van der Waals surface area contributed by atoms with Gasteiger partial charge in [0.15, 0.2) is 0 Å². The molecule has 0 amide bonds. The normalized spacial score (nSPS) is 15.1. The Hall–Kier alpha value is -0.810. The Morgan fingerprint density at radius 2 is 2.31 bits per heavy atom. The average molecular weight is 199 g/mol. The highest BCUT2D eigenvalue weighted by Gasteiger charge is 2.25. The molecule has 0 fully saturated rings. The molecular formula is C8H13N3OS. The van der Waals surface area contributed by atoms with Crippen molar-refractivity contribution in [2.75, 3.05) is 0 Å². The Kier molecular flexibility index (Phi) is 3.11. The first-order valence-corrected chi connectivity index (χ1v) is 5.05. The van der Waals surface area contributed by atoms with Crippen LogP contribution < -0.4 is 0 Å². The Labute approximate surface area is 80.8 Å². The lowest BCUT2D eigenvalue weighted by Gasteiger charge is -2.17. The zero-order valence-electron chi connectivity index (χ0n) is 7.94. The van der Waals surface area contributed by atoms with E-state index in [0.717, 1.165) is 0 Å². The highest BCUT2D eigenvalue weighted by atomic mass is 32.2. The molecular weight excluding hydrogens is 186 g/mol. The SMILES string of the molecule is CC(C)(C)[S@+]([O-])N=Cc1c[nH]cn1. The van der Waals surface area contributed by atoms with E-state index in [9.17, 15) is 4.55 Å². The van der Waals surface area contributed by atoms with Gasteiger partial charge in [-0.05, 0) is 20.8 Å². The Bertz CT molecular complexity index is 276. The van der Waals surface area contributed by atoms with Crippen LogP contribution in [0.4, 0.5) is 0 Å². The number of nitrogens with one attached hydrogen (secondary N) is 1. The lowest BCUT2D eigenvalue weighted by Crippen LogP contribution is -2.25. The van der Waals surface area contributed by atoms with Crippen molar-refractivity contribution in [3.05, 3.63) is 18.2 Å². The van der Waals surface area contributed by atoms with Crippen molar-refractivity contribution in [2.24, 2.45) is 4.40 Å². The van der Waals surface area contributed by atoms with Gasteiger partial charge in [-0.3, -0.25) is 0 Å². The number of aromatic nitrogens is 2. The van der Waals surface area contributed by atoms with E-state index in [-0.39, 0.29) is 4.75 Å². The third kappa shape index (κ3) is 3.20. The number of rotatable bonds is 2. The van der Waals surface area contributed by atoms with E-state index in [1.807, 2.05) is 20.8 Å². The van der Waals surface area contributed by atoms with Gasteiger partial charge in [0, 0.05) is 6.20 Å². The minimum atomic E-state index is -1.21. The van der Waals surface area contributed by atoms with Gasteiger partial charge in [0.25, 0.3) is 0 Å². The maximum absolute atomic E-state index is 11.4. The van der Waals surface area contributed by atoms with Crippen LogP contribution in [0.1, 0.15) is 26.5 Å². The topological polar surface area (TPSA) is 64.1 Å². The van der Waals surface area contributed by atoms with Crippen LogP contribution in [0.2, 0.25) is 0 Å². The summed E-state index contributed by atoms with van der Waals surface area (Å²) in [6.45, 7) is 5.64. The summed E-state index contributed by atoms with van der Waals surface area (Å²) in [4.78, 5) is 6.72. The van der Waals surface area contributed by atoms with Crippen molar-refractivity contribution in [1.29, 1.82) is 0 Å². The van der Waals surface area contributed by atoms with Crippen LogP contribution in [0, 0.1) is 0 Å². The molecule has 0 saturated heterocycles. The monoisotopic (exact) mass is 199 g/mol. The smallest absolute Gasteiger partial charge is 0.144 e. The highest BCUT2D eigenvalue weighted by molar-refractivity contribution is 7.91. The van der Waals surface area contributed by atoms with Gasteiger partial charge in [0.05, 0.1) is 6.33 Å². The predicted molar refractivity (Wildman–Crippen MR) is 54.1 cm³/mol. The van der Waals surface area contributed by atoms with Crippen LogP contribution in [0.15, 0.2) is 16.9 Å². The van der Waals surface area contributed by atoms with E-state index in [2.05, 4.69) is 14.4 Å². The van der Waals surface area contributed by atoms with Gasteiger partial charge in [0.2, 0.25) is 0 Å². The third-order valence-corrected chi connectivity index (χ3v) is 2.67. The van der Waals surface area contributed by atoms with Gasteiger partial charge in [-0.1, -0.05) is 4.40 Å². The largest absolute Gasteiger partial charge is 0.591 e. The fourth-order valence-corrected chi connectivity index (χ4v) is 1.12. The maximum Gasteiger partial charge on any atom is 0.144 e. The molecule has 0 aromatic carbocycles. The second-order valence-corrected chi connectivity index (χ2v) is 5.52. The molecule has 13 heavy (non-hydrogen) atoms. The Balaban J connectivity index is 2.59. The summed E-state index contributed by atoms with van der Waals surface area (Å²) in [5.74, 6) is 0. The summed E-state index contributed by atoms with van der Waals surface area (Å²) in [5.41, 5.74) is 0.692. The molecule has 5 heteroatoms. The molecule has 72 valence electrons. The number of H-pyrrole nitrogens is 1. The Morgan fingerprint density at radius 1 is 1.62 bits per heavy atom. The standard InChI is InChI=1S/C8H13N3OS/c1-8(2,3)13(12)11-5-7-4-9-6-10-7/h4-6H,1-3H3,(H,9,10)/t13-/m0/s1. The summed E-state index contributed by atoms with van der Waals surface area (Å²) in [7, 11) is 0. The van der Waals surface area contributed by atoms with Gasteiger partial charge in [0.1, 0.15) is 28.0 Å². The number of nitrogens with zero attached hydrogens (tertiary/aromatic N) is 2. The quantitative estimate of drug-likeness (QED) is 0.576. The molecule has 1 atom stereocenters. The maximum atomic E-state index is 11.4. The van der Waals surface area contributed by atoms with E-state index in [1.54, 1.807) is 12.5 Å². The van der Waals surface area contributed by atoms with Crippen molar-refractivity contribution in [2.45, 2.75) is 25.5 Å². The molecule has 0 saturated carbocycles. The van der Waals surface area contributed by atoms with E-state index in [4.69, 9.17) is 0 Å². The molecule has 0 aliphatic carbocycles. The van der Waals surface area contributed by atoms with Crippen molar-refractivity contribution >= 4 is 17.6 Å². The summed E-state index contributed by atoms with van der Waals surface area (Å²) < 4.78 is 15.0. The predicted octanol–water partition coefficient (Wildman–Crippen LogP) is 1.29. The number of aromatic amines is 1. The molecule has 0 radical (unpaired) electrons. The van der Waals surface area contributed by atoms with Gasteiger partial charge in [-0.25, -0.2) is 4.98 Å². The van der Waals surface area contributed by atoms with Crippen LogP contribution in [-0.4, -0.2) is 25.5 Å². The summed E-state index contributed by atoms with van der Waals surface area (Å²) in [6, 6.07) is 0. The first-order valence-electron chi connectivity index (χ1n) is 3.95. The van der Waals surface area contributed by atoms with Crippen LogP contribution in [0.25, 0.3) is 0 Å². The second kappa shape index (κ2) is 3.93. The van der Waals surface area contributed by atoms with E-state index in [0.29, 0.717) is 5.69 Å². The summed E-state index contributed by atoms with van der Waals surface area (Å²) >= 11 is -1.21. The molecule has 0 bridgehead atoms. The zero-order chi connectivity index (χ0) is 9.90. The molecule has 0 spiro atoms. The molecule has 1 heterocycles. The third-order valence-electron chi connectivity index (χ3n) is 1.32. The lowest BCUT2D eigenvalue weighted by molar-refractivity contribution is 0.562. The first-order chi connectivity index (χ1) is 6.00. The molecule has 1 rings (SSSR count). The average Bonchev–Trinajstić information content (AvgIpc) is 2.50. The van der Waals surface area contributed by atoms with Crippen molar-refractivity contribution in [3.63, 3.8) is 0 Å². The second-order valence-electron chi connectivity index (χ2n) is 3.59. The van der Waals surface area contributed by atoms with Gasteiger partial charge in [-0.2, -0.15) is 0 Å². The van der Waals surface area contributed by atoms with Crippen LogP contribution >= 0.6 is 0 Å². The van der Waals surface area contributed by atoms with E-state index in [1.165, 1.54) is 6.21 Å². The molecule has 1 aromatic rings. The lowest BCUT2D eigenvalue weighted by atomic mass is 10.3. The molecule has 0 unspecified atom stereocenters. The van der Waals surface area contributed by atoms with E-state index >= 15 is 0 Å². The molecule has 1 aromatic heterocycles. The van der Waals surface area contributed by atoms with Gasteiger partial charge < -0.3 is 9.54 Å². The molecule has 4 nitrogen and oxygen atoms in total. The van der Waals surface area contributed by atoms with Crippen molar-refractivity contribution in [1.82, 2.24) is 9.97 Å². The summed E-state index contributed by atoms with van der Waals surface area (Å²) in [5, 5.41) is 0. The van der Waals surface area contributed by atoms with Crippen LogP contribution in [-0.2, 0) is 11.4 Å². The number of imidazole rings is 1. The first kappa shape index (κ1) is 10.3. The van der Waals surface area contributed by atoms with Gasteiger partial charge >= 0.3 is 0 Å². The minimum Gasteiger partial charge on any atom is -0.591 e. The molecule has 0 aliphatic heterocycles. The highest BCUT2D eigenvalue weighted by Crippen LogP contribution is 2.16. The van der Waals surface area contributed by atoms with Crippen LogP contribution in [0.3, 0.4) is 0 Å². The Morgan fingerprint density at radius 3 is 2.77 bits per heavy atom. The molecule has 0 aliphatic rings. The molecule has 1 N–H and O–H groups in total. The number of hydrogen-bond acceptors (Lipinski definition) is 3. The summed E-state index contributed by atoms with van der Waals surface area (Å²) in [6.07, 6.45) is 4.77. The van der Waals surface area contributed by atoms with Crippen molar-refractivity contribution < 1.29 is 4.55 Å². The van der Waals surface area contributed by atoms with Crippen LogP contribution in [0.5, 0.6) is 0 Å². The zero-order valence-corrected chi connectivity index (χ0v) is 8.76. The van der Waals surface area contributed by atoms with Crippen molar-refractivity contribution in [3.8, 4) is 0 Å². The minimum absolute atomic E-state index is 0.313. The number of hydrogen-bond donors (Lipinski definition) is 1. The fraction of sp³-hybridized carbons (Fsp3) is 0.500.